The molecule has 0 aromatic heterocycles. The summed E-state index contributed by atoms with van der Waals surface area (Å²) in [6.45, 7) is 9.38. The predicted molar refractivity (Wildman–Crippen MR) is 53.1 cm³/mol. The van der Waals surface area contributed by atoms with Crippen LogP contribution < -0.4 is 0 Å². The molecule has 2 heteroatoms. The summed E-state index contributed by atoms with van der Waals surface area (Å²) in [6, 6.07) is 0. The molecule has 0 saturated carbocycles. The lowest BCUT2D eigenvalue weighted by atomic mass is 9.90. The molecule has 1 fully saturated rings. The predicted octanol–water partition coefficient (Wildman–Crippen LogP) is 1.63. The third-order valence-corrected chi connectivity index (χ3v) is 2.62. The van der Waals surface area contributed by atoms with Crippen LogP contribution in [0.25, 0.3) is 0 Å². The fourth-order valence-corrected chi connectivity index (χ4v) is 1.81. The summed E-state index contributed by atoms with van der Waals surface area (Å²) in [5.41, 5.74) is 0.442. The van der Waals surface area contributed by atoms with Crippen molar-refractivity contribution < 1.29 is 0 Å². The van der Waals surface area contributed by atoms with Crippen LogP contribution in [-0.2, 0) is 0 Å². The van der Waals surface area contributed by atoms with Gasteiger partial charge in [-0.25, -0.2) is 0 Å². The Morgan fingerprint density at radius 3 is 1.83 bits per heavy atom. The van der Waals surface area contributed by atoms with E-state index >= 15 is 0 Å². The van der Waals surface area contributed by atoms with Crippen molar-refractivity contribution in [2.45, 2.75) is 33.4 Å². The van der Waals surface area contributed by atoms with Gasteiger partial charge in [-0.3, -0.25) is 9.80 Å². The van der Waals surface area contributed by atoms with Gasteiger partial charge in [0.05, 0.1) is 6.17 Å². The highest BCUT2D eigenvalue weighted by molar-refractivity contribution is 4.80. The molecule has 1 aliphatic rings. The molecule has 1 saturated heterocycles. The van der Waals surface area contributed by atoms with Crippen molar-refractivity contribution >= 4 is 0 Å². The van der Waals surface area contributed by atoms with Crippen molar-refractivity contribution in [2.24, 2.45) is 5.41 Å². The Kier molecular flexibility index (Phi) is 2.79. The first-order chi connectivity index (χ1) is 5.40. The van der Waals surface area contributed by atoms with Crippen LogP contribution in [0.3, 0.4) is 0 Å². The SMILES string of the molecule is CN1CCN(C)C1CC(C)(C)C. The van der Waals surface area contributed by atoms with Gasteiger partial charge in [0.15, 0.2) is 0 Å². The summed E-state index contributed by atoms with van der Waals surface area (Å²) < 4.78 is 0. The fraction of sp³-hybridized carbons (Fsp3) is 1.00. The van der Waals surface area contributed by atoms with E-state index in [1.54, 1.807) is 0 Å². The molecular weight excluding hydrogens is 148 g/mol. The molecule has 0 amide bonds. The van der Waals surface area contributed by atoms with E-state index in [2.05, 4.69) is 44.7 Å². The van der Waals surface area contributed by atoms with E-state index in [4.69, 9.17) is 0 Å². The minimum absolute atomic E-state index is 0.442. The Morgan fingerprint density at radius 2 is 1.50 bits per heavy atom. The van der Waals surface area contributed by atoms with Crippen LogP contribution in [0, 0.1) is 5.41 Å². The molecule has 12 heavy (non-hydrogen) atoms. The number of hydrogen-bond acceptors (Lipinski definition) is 2. The van der Waals surface area contributed by atoms with Crippen molar-refractivity contribution in [1.29, 1.82) is 0 Å². The average Bonchev–Trinajstić information content (AvgIpc) is 2.16. The molecule has 0 aliphatic carbocycles. The van der Waals surface area contributed by atoms with Gasteiger partial charge in [0.25, 0.3) is 0 Å². The quantitative estimate of drug-likeness (QED) is 0.590. The Hall–Kier alpha value is -0.0800. The lowest BCUT2D eigenvalue weighted by Gasteiger charge is -2.31. The number of likely N-dealkylation sites (N-methyl/N-ethyl adjacent to an activating group) is 2. The molecule has 0 N–H and O–H groups in total. The zero-order chi connectivity index (χ0) is 9.35. The van der Waals surface area contributed by atoms with E-state index in [1.165, 1.54) is 19.5 Å². The molecule has 2 nitrogen and oxygen atoms in total. The zero-order valence-electron chi connectivity index (χ0n) is 9.09. The Balaban J connectivity index is 2.50. The molecule has 0 aromatic rings. The van der Waals surface area contributed by atoms with Crippen LogP contribution in [-0.4, -0.2) is 43.2 Å². The summed E-state index contributed by atoms with van der Waals surface area (Å²) in [7, 11) is 4.44. The van der Waals surface area contributed by atoms with Crippen LogP contribution in [0.2, 0.25) is 0 Å². The summed E-state index contributed by atoms with van der Waals surface area (Å²) in [6.07, 6.45) is 1.92. The first kappa shape index (κ1) is 10.0. The second-order valence-electron chi connectivity index (χ2n) is 5.21. The number of nitrogens with zero attached hydrogens (tertiary/aromatic N) is 2. The van der Waals surface area contributed by atoms with Crippen LogP contribution >= 0.6 is 0 Å². The summed E-state index contributed by atoms with van der Waals surface area (Å²) in [5.74, 6) is 0. The largest absolute Gasteiger partial charge is 0.290 e. The molecule has 0 spiro atoms. The number of hydrogen-bond donors (Lipinski definition) is 0. The summed E-state index contributed by atoms with van der Waals surface area (Å²) in [5, 5.41) is 0. The highest BCUT2D eigenvalue weighted by atomic mass is 15.4. The second kappa shape index (κ2) is 3.35. The van der Waals surface area contributed by atoms with Gasteiger partial charge in [0.1, 0.15) is 0 Å². The highest BCUT2D eigenvalue weighted by Gasteiger charge is 2.29. The minimum Gasteiger partial charge on any atom is -0.290 e. The van der Waals surface area contributed by atoms with Crippen LogP contribution in [0.4, 0.5) is 0 Å². The Bertz CT molecular complexity index is 138. The summed E-state index contributed by atoms with van der Waals surface area (Å²) >= 11 is 0. The molecule has 0 radical (unpaired) electrons. The van der Waals surface area contributed by atoms with Gasteiger partial charge in [0, 0.05) is 13.1 Å². The third-order valence-electron chi connectivity index (χ3n) is 2.62. The lowest BCUT2D eigenvalue weighted by molar-refractivity contribution is 0.129. The Labute approximate surface area is 76.5 Å². The molecule has 1 heterocycles. The van der Waals surface area contributed by atoms with Crippen LogP contribution in [0.5, 0.6) is 0 Å². The molecule has 0 unspecified atom stereocenters. The fourth-order valence-electron chi connectivity index (χ4n) is 1.81. The molecule has 72 valence electrons. The maximum Gasteiger partial charge on any atom is 0.0623 e. The molecule has 0 aromatic carbocycles. The normalized spacial score (nSPS) is 23.8. The first-order valence-electron chi connectivity index (χ1n) is 4.81. The lowest BCUT2D eigenvalue weighted by Crippen LogP contribution is -2.37. The van der Waals surface area contributed by atoms with E-state index in [-0.39, 0.29) is 0 Å². The van der Waals surface area contributed by atoms with Crippen molar-refractivity contribution in [3.63, 3.8) is 0 Å². The molecule has 0 atom stereocenters. The Morgan fingerprint density at radius 1 is 1.08 bits per heavy atom. The van der Waals surface area contributed by atoms with Gasteiger partial charge in [-0.2, -0.15) is 0 Å². The smallest absolute Gasteiger partial charge is 0.0623 e. The minimum atomic E-state index is 0.442. The van der Waals surface area contributed by atoms with Gasteiger partial charge >= 0.3 is 0 Å². The van der Waals surface area contributed by atoms with Gasteiger partial charge in [0.2, 0.25) is 0 Å². The standard InChI is InChI=1S/C10H22N2/c1-10(2,3)8-9-11(4)6-7-12(9)5/h9H,6-8H2,1-5H3. The molecule has 1 rings (SSSR count). The van der Waals surface area contributed by atoms with E-state index in [0.29, 0.717) is 11.6 Å². The molecule has 0 bridgehead atoms. The van der Waals surface area contributed by atoms with Crippen molar-refractivity contribution in [3.8, 4) is 0 Å². The van der Waals surface area contributed by atoms with Crippen molar-refractivity contribution in [3.05, 3.63) is 0 Å². The first-order valence-corrected chi connectivity index (χ1v) is 4.81. The monoisotopic (exact) mass is 170 g/mol. The van der Waals surface area contributed by atoms with E-state index < -0.39 is 0 Å². The number of rotatable bonds is 1. The maximum absolute atomic E-state index is 2.45. The average molecular weight is 170 g/mol. The van der Waals surface area contributed by atoms with Gasteiger partial charge in [-0.1, -0.05) is 20.8 Å². The van der Waals surface area contributed by atoms with Gasteiger partial charge < -0.3 is 0 Å². The zero-order valence-corrected chi connectivity index (χ0v) is 9.09. The van der Waals surface area contributed by atoms with Crippen LogP contribution in [0.1, 0.15) is 27.2 Å². The van der Waals surface area contributed by atoms with Crippen LogP contribution in [0.15, 0.2) is 0 Å². The molecule has 1 aliphatic heterocycles. The topological polar surface area (TPSA) is 6.48 Å². The second-order valence-corrected chi connectivity index (χ2v) is 5.21. The highest BCUT2D eigenvalue weighted by Crippen LogP contribution is 2.26. The van der Waals surface area contributed by atoms with E-state index in [9.17, 15) is 0 Å². The maximum atomic E-state index is 2.45. The summed E-state index contributed by atoms with van der Waals surface area (Å²) in [4.78, 5) is 4.90. The van der Waals surface area contributed by atoms with E-state index in [1.807, 2.05) is 0 Å². The van der Waals surface area contributed by atoms with Crippen molar-refractivity contribution in [1.82, 2.24) is 9.80 Å². The van der Waals surface area contributed by atoms with Gasteiger partial charge in [-0.05, 0) is 25.9 Å². The van der Waals surface area contributed by atoms with E-state index in [0.717, 1.165) is 0 Å². The molecular formula is C10H22N2. The van der Waals surface area contributed by atoms with Crippen molar-refractivity contribution in [2.75, 3.05) is 27.2 Å². The third kappa shape index (κ3) is 2.46. The van der Waals surface area contributed by atoms with Gasteiger partial charge in [-0.15, -0.1) is 0 Å².